The molecule has 1 heterocycles. The van der Waals surface area contributed by atoms with Crippen LogP contribution in [-0.4, -0.2) is 23.2 Å². The number of hydrogen-bond donors (Lipinski definition) is 1. The fourth-order valence-electron chi connectivity index (χ4n) is 0.659. The van der Waals surface area contributed by atoms with Gasteiger partial charge in [-0.2, -0.15) is 0 Å². The van der Waals surface area contributed by atoms with Crippen molar-refractivity contribution >= 4 is 6.09 Å². The van der Waals surface area contributed by atoms with Crippen molar-refractivity contribution in [1.29, 1.82) is 0 Å². The number of rotatable bonds is 3. The van der Waals surface area contributed by atoms with Crippen molar-refractivity contribution in [1.82, 2.24) is 9.97 Å². The highest BCUT2D eigenvalue weighted by Crippen LogP contribution is 2.04. The largest absolute Gasteiger partial charge is 0.494 e. The summed E-state index contributed by atoms with van der Waals surface area (Å²) >= 11 is 0. The van der Waals surface area contributed by atoms with Crippen molar-refractivity contribution in [3.63, 3.8) is 0 Å². The van der Waals surface area contributed by atoms with E-state index in [4.69, 9.17) is 10.5 Å². The maximum absolute atomic E-state index is 10.2. The summed E-state index contributed by atoms with van der Waals surface area (Å²) in [6, 6.07) is 0. The predicted molar refractivity (Wildman–Crippen MR) is 43.0 cm³/mol. The Kier molecular flexibility index (Phi) is 3.02. The Balaban J connectivity index is 2.54. The first-order valence-electron chi connectivity index (χ1n) is 3.49. The van der Waals surface area contributed by atoms with Gasteiger partial charge in [0.15, 0.2) is 18.2 Å². The zero-order valence-electron chi connectivity index (χ0n) is 7.06. The number of ether oxygens (including phenoxy) is 2. The second-order valence-electron chi connectivity index (χ2n) is 2.15. The van der Waals surface area contributed by atoms with Crippen molar-refractivity contribution in [2.24, 2.45) is 5.73 Å². The zero-order chi connectivity index (χ0) is 9.68. The van der Waals surface area contributed by atoms with Crippen molar-refractivity contribution in [3.8, 4) is 5.75 Å². The Morgan fingerprint density at radius 3 is 2.62 bits per heavy atom. The first-order chi connectivity index (χ1) is 6.22. The van der Waals surface area contributed by atoms with Crippen LogP contribution >= 0.6 is 0 Å². The second-order valence-corrected chi connectivity index (χ2v) is 2.15. The van der Waals surface area contributed by atoms with Crippen molar-refractivity contribution < 1.29 is 14.3 Å². The zero-order valence-corrected chi connectivity index (χ0v) is 7.06. The van der Waals surface area contributed by atoms with Gasteiger partial charge in [0.25, 0.3) is 0 Å². The smallest absolute Gasteiger partial charge is 0.404 e. The van der Waals surface area contributed by atoms with Crippen LogP contribution in [0.1, 0.15) is 5.82 Å². The summed E-state index contributed by atoms with van der Waals surface area (Å²) in [6.45, 7) is -0.0284. The molecule has 70 valence electrons. The van der Waals surface area contributed by atoms with Gasteiger partial charge in [0.1, 0.15) is 0 Å². The van der Waals surface area contributed by atoms with Gasteiger partial charge in [0.05, 0.1) is 19.5 Å². The number of nitrogens with zero attached hydrogens (tertiary/aromatic N) is 2. The first-order valence-corrected chi connectivity index (χ1v) is 3.49. The third-order valence-corrected chi connectivity index (χ3v) is 1.26. The molecule has 1 aromatic heterocycles. The van der Waals surface area contributed by atoms with Gasteiger partial charge in [-0.1, -0.05) is 0 Å². The average Bonchev–Trinajstić information content (AvgIpc) is 2.15. The van der Waals surface area contributed by atoms with Crippen molar-refractivity contribution in [2.75, 3.05) is 7.11 Å². The van der Waals surface area contributed by atoms with Gasteiger partial charge >= 0.3 is 6.09 Å². The average molecular weight is 183 g/mol. The highest BCUT2D eigenvalue weighted by atomic mass is 16.5. The number of primary amides is 1. The minimum atomic E-state index is -0.848. The Labute approximate surface area is 74.7 Å². The Bertz CT molecular complexity index is 286. The lowest BCUT2D eigenvalue weighted by atomic mass is 10.5. The molecule has 1 amide bonds. The molecule has 1 rings (SSSR count). The number of amides is 1. The fourth-order valence-corrected chi connectivity index (χ4v) is 0.659. The summed E-state index contributed by atoms with van der Waals surface area (Å²) < 4.78 is 9.31. The Morgan fingerprint density at radius 1 is 1.54 bits per heavy atom. The van der Waals surface area contributed by atoms with Gasteiger partial charge in [0, 0.05) is 0 Å². The number of nitrogens with two attached hydrogens (primary N) is 1. The molecule has 0 radical (unpaired) electrons. The highest BCUT2D eigenvalue weighted by Gasteiger charge is 1.99. The van der Waals surface area contributed by atoms with E-state index in [1.54, 1.807) is 0 Å². The van der Waals surface area contributed by atoms with Gasteiger partial charge in [0.2, 0.25) is 0 Å². The third kappa shape index (κ3) is 2.94. The molecule has 0 spiro atoms. The second kappa shape index (κ2) is 4.24. The van der Waals surface area contributed by atoms with E-state index >= 15 is 0 Å². The standard InChI is InChI=1S/C7H9N3O3/c1-12-5-2-9-6(10-3-5)4-13-7(8)11/h2-3H,4H2,1H3,(H2,8,11). The van der Waals surface area contributed by atoms with E-state index in [1.165, 1.54) is 19.5 Å². The lowest BCUT2D eigenvalue weighted by Crippen LogP contribution is -2.13. The summed E-state index contributed by atoms with van der Waals surface area (Å²) in [5.41, 5.74) is 4.75. The SMILES string of the molecule is COc1cnc(COC(N)=O)nc1. The van der Waals surface area contributed by atoms with E-state index in [2.05, 4.69) is 14.7 Å². The number of carbonyl (C=O) groups is 1. The molecule has 0 aromatic carbocycles. The van der Waals surface area contributed by atoms with Crippen LogP contribution in [0.25, 0.3) is 0 Å². The van der Waals surface area contributed by atoms with E-state index < -0.39 is 6.09 Å². The van der Waals surface area contributed by atoms with E-state index in [0.29, 0.717) is 11.6 Å². The van der Waals surface area contributed by atoms with E-state index in [9.17, 15) is 4.79 Å². The van der Waals surface area contributed by atoms with Gasteiger partial charge in [-0.15, -0.1) is 0 Å². The topological polar surface area (TPSA) is 87.3 Å². The highest BCUT2D eigenvalue weighted by molar-refractivity contribution is 5.64. The van der Waals surface area contributed by atoms with Crippen molar-refractivity contribution in [2.45, 2.75) is 6.61 Å². The van der Waals surface area contributed by atoms with Crippen molar-refractivity contribution in [3.05, 3.63) is 18.2 Å². The molecule has 0 aliphatic carbocycles. The van der Waals surface area contributed by atoms with Crippen LogP contribution in [0.15, 0.2) is 12.4 Å². The van der Waals surface area contributed by atoms with Crippen LogP contribution in [0.4, 0.5) is 4.79 Å². The molecule has 0 unspecified atom stereocenters. The van der Waals surface area contributed by atoms with Gasteiger partial charge in [-0.3, -0.25) is 0 Å². The normalized spacial score (nSPS) is 9.31. The summed E-state index contributed by atoms with van der Waals surface area (Å²) in [5, 5.41) is 0. The van der Waals surface area contributed by atoms with Crippen LogP contribution in [0.2, 0.25) is 0 Å². The minimum absolute atomic E-state index is 0.0284. The number of hydrogen-bond acceptors (Lipinski definition) is 5. The summed E-state index contributed by atoms with van der Waals surface area (Å²) in [6.07, 6.45) is 2.11. The van der Waals surface area contributed by atoms with Crippen LogP contribution < -0.4 is 10.5 Å². The molecule has 0 saturated carbocycles. The number of methoxy groups -OCH3 is 1. The molecule has 0 aliphatic rings. The molecule has 2 N–H and O–H groups in total. The molecule has 0 aliphatic heterocycles. The van der Waals surface area contributed by atoms with Crippen LogP contribution in [0, 0.1) is 0 Å². The van der Waals surface area contributed by atoms with Crippen LogP contribution in [-0.2, 0) is 11.3 Å². The molecule has 6 nitrogen and oxygen atoms in total. The van der Waals surface area contributed by atoms with Crippen LogP contribution in [0.5, 0.6) is 5.75 Å². The Morgan fingerprint density at radius 2 is 2.15 bits per heavy atom. The van der Waals surface area contributed by atoms with Gasteiger partial charge in [-0.05, 0) is 0 Å². The monoisotopic (exact) mass is 183 g/mol. The molecule has 0 bridgehead atoms. The lowest BCUT2D eigenvalue weighted by Gasteiger charge is -2.01. The molecular weight excluding hydrogens is 174 g/mol. The summed E-state index contributed by atoms with van der Waals surface area (Å²) in [7, 11) is 1.51. The van der Waals surface area contributed by atoms with E-state index in [-0.39, 0.29) is 6.61 Å². The molecular formula is C7H9N3O3. The number of carbonyl (C=O) groups excluding carboxylic acids is 1. The van der Waals surface area contributed by atoms with Gasteiger partial charge < -0.3 is 15.2 Å². The quantitative estimate of drug-likeness (QED) is 0.716. The Hall–Kier alpha value is -1.85. The molecule has 0 atom stereocenters. The first kappa shape index (κ1) is 9.24. The summed E-state index contributed by atoms with van der Waals surface area (Å²) in [4.78, 5) is 17.9. The number of aromatic nitrogens is 2. The maximum atomic E-state index is 10.2. The molecule has 0 fully saturated rings. The predicted octanol–water partition coefficient (Wildman–Crippen LogP) is 0.0805. The molecule has 0 saturated heterocycles. The fraction of sp³-hybridized carbons (Fsp3) is 0.286. The van der Waals surface area contributed by atoms with Gasteiger partial charge in [-0.25, -0.2) is 14.8 Å². The van der Waals surface area contributed by atoms with E-state index in [0.717, 1.165) is 0 Å². The molecule has 1 aromatic rings. The molecule has 6 heteroatoms. The lowest BCUT2D eigenvalue weighted by molar-refractivity contribution is 0.147. The maximum Gasteiger partial charge on any atom is 0.404 e. The third-order valence-electron chi connectivity index (χ3n) is 1.26. The minimum Gasteiger partial charge on any atom is -0.494 e. The summed E-state index contributed by atoms with van der Waals surface area (Å²) in [5.74, 6) is 0.919. The van der Waals surface area contributed by atoms with Crippen LogP contribution in [0.3, 0.4) is 0 Å². The van der Waals surface area contributed by atoms with E-state index in [1.807, 2.05) is 0 Å². The molecule has 13 heavy (non-hydrogen) atoms.